The number of carbonyl (C=O) groups is 2. The third-order valence-corrected chi connectivity index (χ3v) is 11.6. The Kier molecular flexibility index (Phi) is 14.4. The highest BCUT2D eigenvalue weighted by Gasteiger charge is 2.37. The molecule has 258 valence electrons. The van der Waals surface area contributed by atoms with E-state index in [1.807, 2.05) is 36.4 Å². The Morgan fingerprint density at radius 1 is 0.542 bits per heavy atom. The first-order valence-corrected chi connectivity index (χ1v) is 20.3. The Balaban J connectivity index is 1.33. The van der Waals surface area contributed by atoms with Crippen molar-refractivity contribution in [2.24, 2.45) is 5.92 Å². The molecule has 4 aromatic carbocycles. The number of rotatable bonds is 22. The highest BCUT2D eigenvalue weighted by Crippen LogP contribution is 2.44. The molecule has 48 heavy (non-hydrogen) atoms. The molecule has 0 saturated heterocycles. The number of carbonyl (C=O) groups excluding carboxylic acids is 2. The summed E-state index contributed by atoms with van der Waals surface area (Å²) in [5.74, 6) is 0.0849. The van der Waals surface area contributed by atoms with Crippen LogP contribution in [0.4, 0.5) is 0 Å². The molecule has 4 heteroatoms. The van der Waals surface area contributed by atoms with Gasteiger partial charge >= 0.3 is 0 Å². The lowest BCUT2D eigenvalue weighted by molar-refractivity contribution is 0.0580. The van der Waals surface area contributed by atoms with Gasteiger partial charge in [0, 0.05) is 16.4 Å². The van der Waals surface area contributed by atoms with Gasteiger partial charge in [-0.05, 0) is 67.7 Å². The van der Waals surface area contributed by atoms with E-state index in [0.29, 0.717) is 23.6 Å². The summed E-state index contributed by atoms with van der Waals surface area (Å²) in [7, 11) is 0. The van der Waals surface area contributed by atoms with E-state index in [9.17, 15) is 9.59 Å². The highest BCUT2D eigenvalue weighted by atomic mass is 79.9. The molecule has 0 fully saturated rings. The lowest BCUT2D eigenvalue weighted by Crippen LogP contribution is -2.43. The summed E-state index contributed by atoms with van der Waals surface area (Å²) in [6, 6.07) is 18.4. The third-order valence-electron chi connectivity index (χ3n) is 10.8. The minimum Gasteiger partial charge on any atom is -0.274 e. The van der Waals surface area contributed by atoms with Gasteiger partial charge in [-0.15, -0.1) is 0 Å². The molecule has 2 amide bonds. The minimum absolute atomic E-state index is 0.125. The van der Waals surface area contributed by atoms with Crippen molar-refractivity contribution in [2.75, 3.05) is 6.54 Å². The molecule has 0 bridgehead atoms. The van der Waals surface area contributed by atoms with Crippen LogP contribution in [-0.2, 0) is 0 Å². The van der Waals surface area contributed by atoms with E-state index in [2.05, 4.69) is 48.0 Å². The second-order valence-electron chi connectivity index (χ2n) is 14.5. The molecule has 5 rings (SSSR count). The molecule has 4 aromatic rings. The zero-order valence-corrected chi connectivity index (χ0v) is 31.4. The molecule has 1 aliphatic rings. The van der Waals surface area contributed by atoms with Gasteiger partial charge in [0.1, 0.15) is 0 Å². The van der Waals surface area contributed by atoms with E-state index < -0.39 is 0 Å². The minimum atomic E-state index is -0.125. The Morgan fingerprint density at radius 3 is 1.52 bits per heavy atom. The van der Waals surface area contributed by atoms with E-state index >= 15 is 0 Å². The van der Waals surface area contributed by atoms with E-state index in [1.165, 1.54) is 116 Å². The van der Waals surface area contributed by atoms with Gasteiger partial charge in [-0.3, -0.25) is 14.5 Å². The number of imide groups is 1. The molecule has 0 saturated carbocycles. The van der Waals surface area contributed by atoms with Crippen molar-refractivity contribution in [3.05, 3.63) is 70.2 Å². The molecule has 1 heterocycles. The largest absolute Gasteiger partial charge is 0.274 e. The van der Waals surface area contributed by atoms with Crippen molar-refractivity contribution in [1.29, 1.82) is 0 Å². The predicted molar refractivity (Wildman–Crippen MR) is 209 cm³/mol. The monoisotopic (exact) mass is 711 g/mol. The molecule has 1 atom stereocenters. The molecule has 3 nitrogen and oxygen atoms in total. The predicted octanol–water partition coefficient (Wildman–Crippen LogP) is 14.0. The summed E-state index contributed by atoms with van der Waals surface area (Å²) in [4.78, 5) is 30.7. The van der Waals surface area contributed by atoms with Crippen LogP contribution >= 0.6 is 15.9 Å². The van der Waals surface area contributed by atoms with Crippen LogP contribution in [0.3, 0.4) is 0 Å². The summed E-state index contributed by atoms with van der Waals surface area (Å²) in [6.45, 7) is 5.07. The summed E-state index contributed by atoms with van der Waals surface area (Å²) >= 11 is 3.87. The zero-order valence-electron chi connectivity index (χ0n) is 29.8. The van der Waals surface area contributed by atoms with E-state index in [0.717, 1.165) is 49.6 Å². The standard InChI is InChI=1S/C44H58BrNO2/c1-3-5-7-9-11-13-14-16-18-20-26-33(25-19-17-15-12-10-8-6-4-2)32-46-43(47)40-35-28-22-21-27-34(35)31-38-39(40)41(44(46)48)36-29-23-24-30-37(36)42(38)45/h21-24,27-31,33H,3-20,25-26,32H2,1-2H3. The fourth-order valence-corrected chi connectivity index (χ4v) is 8.66. The number of fused-ring (bicyclic) bond motifs is 4. The van der Waals surface area contributed by atoms with Crippen LogP contribution in [0.1, 0.15) is 163 Å². The van der Waals surface area contributed by atoms with Crippen LogP contribution < -0.4 is 0 Å². The fraction of sp³-hybridized carbons (Fsp3) is 0.545. The maximum atomic E-state index is 14.5. The normalized spacial score (nSPS) is 13.8. The van der Waals surface area contributed by atoms with Crippen molar-refractivity contribution in [3.8, 4) is 0 Å². The first-order chi connectivity index (χ1) is 23.6. The van der Waals surface area contributed by atoms with E-state index in [-0.39, 0.29) is 11.8 Å². The van der Waals surface area contributed by atoms with Crippen LogP contribution in [0.2, 0.25) is 0 Å². The topological polar surface area (TPSA) is 37.4 Å². The Bertz CT molecular complexity index is 1640. The smallest absolute Gasteiger partial charge is 0.262 e. The summed E-state index contributed by atoms with van der Waals surface area (Å²) in [6.07, 6.45) is 25.7. The van der Waals surface area contributed by atoms with Crippen LogP contribution in [0.25, 0.3) is 32.3 Å². The van der Waals surface area contributed by atoms with Gasteiger partial charge in [0.05, 0.1) is 11.1 Å². The maximum absolute atomic E-state index is 14.5. The SMILES string of the molecule is CCCCCCCCCCCCC(CCCCCCCCCC)CN1C(=O)c2c3ccccc3cc3c(Br)c4ccccc4c(c23)C1=O. The number of benzene rings is 4. The van der Waals surface area contributed by atoms with E-state index in [1.54, 1.807) is 4.90 Å². The molecule has 0 aliphatic carbocycles. The number of hydrogen-bond acceptors (Lipinski definition) is 2. The lowest BCUT2D eigenvalue weighted by Gasteiger charge is -2.32. The van der Waals surface area contributed by atoms with Gasteiger partial charge in [0.15, 0.2) is 0 Å². The second kappa shape index (κ2) is 18.9. The Labute approximate surface area is 298 Å². The first-order valence-electron chi connectivity index (χ1n) is 19.5. The number of hydrogen-bond donors (Lipinski definition) is 0. The summed E-state index contributed by atoms with van der Waals surface area (Å²) in [5, 5.41) is 5.66. The quantitative estimate of drug-likeness (QED) is 0.0462. The average molecular weight is 713 g/mol. The zero-order chi connectivity index (χ0) is 33.7. The Hall–Kier alpha value is -2.72. The summed E-state index contributed by atoms with van der Waals surface area (Å²) in [5.41, 5.74) is 1.38. The number of amides is 2. The average Bonchev–Trinajstić information content (AvgIpc) is 3.10. The number of halogens is 1. The maximum Gasteiger partial charge on any atom is 0.262 e. The van der Waals surface area contributed by atoms with Gasteiger partial charge in [-0.25, -0.2) is 0 Å². The van der Waals surface area contributed by atoms with Crippen molar-refractivity contribution >= 4 is 60.1 Å². The molecule has 1 unspecified atom stereocenters. The molecule has 0 aromatic heterocycles. The lowest BCUT2D eigenvalue weighted by atomic mass is 9.85. The van der Waals surface area contributed by atoms with Crippen LogP contribution in [0, 0.1) is 5.92 Å². The van der Waals surface area contributed by atoms with Crippen LogP contribution in [0.15, 0.2) is 59.1 Å². The van der Waals surface area contributed by atoms with Crippen molar-refractivity contribution in [3.63, 3.8) is 0 Å². The number of nitrogens with zero attached hydrogens (tertiary/aromatic N) is 1. The molecule has 0 spiro atoms. The van der Waals surface area contributed by atoms with Crippen LogP contribution in [0.5, 0.6) is 0 Å². The van der Waals surface area contributed by atoms with Gasteiger partial charge in [0.2, 0.25) is 0 Å². The summed E-state index contributed by atoms with van der Waals surface area (Å²) < 4.78 is 0.950. The van der Waals surface area contributed by atoms with E-state index in [4.69, 9.17) is 0 Å². The highest BCUT2D eigenvalue weighted by molar-refractivity contribution is 9.10. The van der Waals surface area contributed by atoms with Gasteiger partial charge in [0.25, 0.3) is 11.8 Å². The van der Waals surface area contributed by atoms with Crippen molar-refractivity contribution in [2.45, 2.75) is 142 Å². The molecule has 1 aliphatic heterocycles. The third kappa shape index (κ3) is 8.89. The Morgan fingerprint density at radius 2 is 0.979 bits per heavy atom. The second-order valence-corrected chi connectivity index (χ2v) is 15.2. The molecular weight excluding hydrogens is 654 g/mol. The molecular formula is C44H58BrNO2. The number of unbranched alkanes of at least 4 members (excludes halogenated alkanes) is 16. The van der Waals surface area contributed by atoms with Gasteiger partial charge in [-0.1, -0.05) is 178 Å². The fourth-order valence-electron chi connectivity index (χ4n) is 8.00. The van der Waals surface area contributed by atoms with Gasteiger partial charge in [-0.2, -0.15) is 0 Å². The van der Waals surface area contributed by atoms with Gasteiger partial charge < -0.3 is 0 Å². The first kappa shape index (κ1) is 36.6. The molecule has 0 N–H and O–H groups in total. The van der Waals surface area contributed by atoms with Crippen molar-refractivity contribution in [1.82, 2.24) is 4.90 Å². The van der Waals surface area contributed by atoms with Crippen LogP contribution in [-0.4, -0.2) is 23.3 Å². The van der Waals surface area contributed by atoms with Crippen molar-refractivity contribution < 1.29 is 9.59 Å². The molecule has 0 radical (unpaired) electrons.